The van der Waals surface area contributed by atoms with Gasteiger partial charge < -0.3 is 15.4 Å². The highest BCUT2D eigenvalue weighted by Gasteiger charge is 2.33. The van der Waals surface area contributed by atoms with E-state index in [9.17, 15) is 4.79 Å². The van der Waals surface area contributed by atoms with Crippen molar-refractivity contribution in [3.05, 3.63) is 0 Å². The first-order valence-electron chi connectivity index (χ1n) is 16.4. The van der Waals surface area contributed by atoms with Gasteiger partial charge in [-0.1, -0.05) is 90.9 Å². The van der Waals surface area contributed by atoms with E-state index in [-0.39, 0.29) is 18.0 Å². The van der Waals surface area contributed by atoms with Crippen molar-refractivity contribution in [2.45, 2.75) is 161 Å². The number of nitrogens with one attached hydrogen (secondary N) is 2. The molecule has 0 radical (unpaired) electrons. The van der Waals surface area contributed by atoms with Crippen LogP contribution in [0.3, 0.4) is 0 Å². The number of carbonyl (C=O) groups is 1. The number of rotatable bonds is 16. The van der Waals surface area contributed by atoms with Crippen LogP contribution in [-0.4, -0.2) is 31.3 Å². The number of hydrogen-bond donors (Lipinski definition) is 2. The molecule has 1 aliphatic heterocycles. The molecule has 2 saturated carbocycles. The topological polar surface area (TPSA) is 50.4 Å². The average Bonchev–Trinajstić information content (AvgIpc) is 2.92. The van der Waals surface area contributed by atoms with Gasteiger partial charge >= 0.3 is 5.97 Å². The van der Waals surface area contributed by atoms with E-state index in [4.69, 9.17) is 4.74 Å². The summed E-state index contributed by atoms with van der Waals surface area (Å²) in [5.41, 5.74) is 0. The SMILES string of the molecule is CCCCCCCCCC1CNC(C2CCC(OC(=O)C3CCC(CCCCCC)CC3)CC2)NC1. The molecule has 4 nitrogen and oxygen atoms in total. The van der Waals surface area contributed by atoms with Crippen molar-refractivity contribution >= 4 is 5.97 Å². The normalized spacial score (nSPS) is 31.3. The highest BCUT2D eigenvalue weighted by molar-refractivity contribution is 5.72. The van der Waals surface area contributed by atoms with Gasteiger partial charge in [0.15, 0.2) is 0 Å². The van der Waals surface area contributed by atoms with Crippen molar-refractivity contribution in [1.82, 2.24) is 10.6 Å². The predicted octanol–water partition coefficient (Wildman–Crippen LogP) is 8.14. The highest BCUT2D eigenvalue weighted by atomic mass is 16.5. The Kier molecular flexibility index (Phi) is 14.8. The van der Waals surface area contributed by atoms with Crippen LogP contribution in [0.2, 0.25) is 0 Å². The van der Waals surface area contributed by atoms with Gasteiger partial charge in [0.05, 0.1) is 12.1 Å². The number of carbonyl (C=O) groups excluding carboxylic acids is 1. The van der Waals surface area contributed by atoms with Gasteiger partial charge in [-0.15, -0.1) is 0 Å². The van der Waals surface area contributed by atoms with Gasteiger partial charge in [0.25, 0.3) is 0 Å². The smallest absolute Gasteiger partial charge is 0.309 e. The Morgan fingerprint density at radius 3 is 1.78 bits per heavy atom. The van der Waals surface area contributed by atoms with E-state index in [0.717, 1.165) is 37.5 Å². The van der Waals surface area contributed by atoms with Gasteiger partial charge in [0.1, 0.15) is 6.10 Å². The molecular weight excluding hydrogens is 444 g/mol. The Morgan fingerprint density at radius 1 is 0.639 bits per heavy atom. The minimum atomic E-state index is 0.116. The van der Waals surface area contributed by atoms with E-state index in [0.29, 0.717) is 12.1 Å². The first-order chi connectivity index (χ1) is 17.7. The molecule has 0 spiro atoms. The van der Waals surface area contributed by atoms with Gasteiger partial charge in [-0.05, 0) is 75.5 Å². The van der Waals surface area contributed by atoms with Crippen LogP contribution in [0.1, 0.15) is 149 Å². The molecule has 0 bridgehead atoms. The van der Waals surface area contributed by atoms with Crippen LogP contribution in [0, 0.1) is 23.7 Å². The van der Waals surface area contributed by atoms with Crippen molar-refractivity contribution in [3.8, 4) is 0 Å². The molecule has 1 saturated heterocycles. The van der Waals surface area contributed by atoms with E-state index in [1.54, 1.807) is 0 Å². The van der Waals surface area contributed by atoms with E-state index in [2.05, 4.69) is 24.5 Å². The number of hydrogen-bond acceptors (Lipinski definition) is 4. The van der Waals surface area contributed by atoms with E-state index < -0.39 is 0 Å². The monoisotopic (exact) mass is 504 g/mol. The quantitative estimate of drug-likeness (QED) is 0.164. The standard InChI is InChI=1S/C32H60N2O2/c1-3-5-7-9-10-11-13-15-27-24-33-31(34-25-27)28-20-22-30(23-21-28)36-32(35)29-18-16-26(17-19-29)14-12-8-6-4-2/h26-31,33-34H,3-25H2,1-2H3. The fraction of sp³-hybridized carbons (Fsp3) is 0.969. The molecule has 2 aliphatic carbocycles. The summed E-state index contributed by atoms with van der Waals surface area (Å²) in [6.07, 6.45) is 27.6. The first kappa shape index (κ1) is 29.9. The molecule has 3 fully saturated rings. The van der Waals surface area contributed by atoms with Crippen LogP contribution in [0.15, 0.2) is 0 Å². The second-order valence-corrected chi connectivity index (χ2v) is 12.6. The molecule has 3 aliphatic rings. The molecule has 1 heterocycles. The maximum absolute atomic E-state index is 12.8. The molecule has 0 aromatic rings. The third kappa shape index (κ3) is 11.0. The van der Waals surface area contributed by atoms with Crippen LogP contribution in [0.25, 0.3) is 0 Å². The Hall–Kier alpha value is -0.610. The predicted molar refractivity (Wildman–Crippen MR) is 152 cm³/mol. The molecule has 36 heavy (non-hydrogen) atoms. The molecule has 210 valence electrons. The Bertz CT molecular complexity index is 559. The average molecular weight is 505 g/mol. The molecule has 0 atom stereocenters. The van der Waals surface area contributed by atoms with Crippen molar-refractivity contribution < 1.29 is 9.53 Å². The Labute approximate surface area is 223 Å². The molecule has 3 rings (SSSR count). The summed E-state index contributed by atoms with van der Waals surface area (Å²) in [6, 6.07) is 0. The molecule has 2 N–H and O–H groups in total. The lowest BCUT2D eigenvalue weighted by atomic mass is 9.79. The fourth-order valence-corrected chi connectivity index (χ4v) is 7.01. The number of ether oxygens (including phenoxy) is 1. The van der Waals surface area contributed by atoms with Crippen molar-refractivity contribution in [2.24, 2.45) is 23.7 Å². The zero-order chi connectivity index (χ0) is 25.4. The highest BCUT2D eigenvalue weighted by Crippen LogP contribution is 2.35. The van der Waals surface area contributed by atoms with Gasteiger partial charge in [-0.2, -0.15) is 0 Å². The summed E-state index contributed by atoms with van der Waals surface area (Å²) < 4.78 is 6.04. The molecule has 0 unspecified atom stereocenters. The van der Waals surface area contributed by atoms with Crippen LogP contribution in [0.4, 0.5) is 0 Å². The maximum Gasteiger partial charge on any atom is 0.309 e. The zero-order valence-corrected chi connectivity index (χ0v) is 24.0. The van der Waals surface area contributed by atoms with E-state index in [1.807, 2.05) is 0 Å². The molecule has 0 aromatic heterocycles. The first-order valence-corrected chi connectivity index (χ1v) is 16.4. The van der Waals surface area contributed by atoms with Crippen molar-refractivity contribution in [2.75, 3.05) is 13.1 Å². The van der Waals surface area contributed by atoms with Crippen molar-refractivity contribution in [1.29, 1.82) is 0 Å². The minimum Gasteiger partial charge on any atom is -0.462 e. The summed E-state index contributed by atoms with van der Waals surface area (Å²) in [7, 11) is 0. The molecule has 0 amide bonds. The molecule has 0 aromatic carbocycles. The Morgan fingerprint density at radius 2 is 1.17 bits per heavy atom. The maximum atomic E-state index is 12.8. The second-order valence-electron chi connectivity index (χ2n) is 12.6. The third-order valence-electron chi connectivity index (χ3n) is 9.59. The second kappa shape index (κ2) is 17.8. The summed E-state index contributed by atoms with van der Waals surface area (Å²) in [6.45, 7) is 6.91. The van der Waals surface area contributed by atoms with Gasteiger partial charge in [0.2, 0.25) is 0 Å². The molecular formula is C32H60N2O2. The van der Waals surface area contributed by atoms with Crippen LogP contribution in [0.5, 0.6) is 0 Å². The molecule has 4 heteroatoms. The van der Waals surface area contributed by atoms with Crippen LogP contribution >= 0.6 is 0 Å². The van der Waals surface area contributed by atoms with Gasteiger partial charge in [0, 0.05) is 13.1 Å². The fourth-order valence-electron chi connectivity index (χ4n) is 7.01. The van der Waals surface area contributed by atoms with Crippen LogP contribution in [-0.2, 0) is 9.53 Å². The third-order valence-corrected chi connectivity index (χ3v) is 9.59. The van der Waals surface area contributed by atoms with Crippen LogP contribution < -0.4 is 10.6 Å². The zero-order valence-electron chi connectivity index (χ0n) is 24.0. The van der Waals surface area contributed by atoms with Crippen molar-refractivity contribution in [3.63, 3.8) is 0 Å². The Balaban J connectivity index is 1.21. The number of unbranched alkanes of at least 4 members (excludes halogenated alkanes) is 9. The lowest BCUT2D eigenvalue weighted by Crippen LogP contribution is -2.56. The minimum absolute atomic E-state index is 0.116. The van der Waals surface area contributed by atoms with E-state index >= 15 is 0 Å². The summed E-state index contributed by atoms with van der Waals surface area (Å²) in [5.74, 6) is 2.62. The van der Waals surface area contributed by atoms with Gasteiger partial charge in [-0.25, -0.2) is 0 Å². The number of esters is 1. The van der Waals surface area contributed by atoms with Gasteiger partial charge in [-0.3, -0.25) is 4.79 Å². The summed E-state index contributed by atoms with van der Waals surface area (Å²) >= 11 is 0. The lowest BCUT2D eigenvalue weighted by molar-refractivity contribution is -0.157. The summed E-state index contributed by atoms with van der Waals surface area (Å²) in [4.78, 5) is 12.8. The lowest BCUT2D eigenvalue weighted by Gasteiger charge is -2.39. The summed E-state index contributed by atoms with van der Waals surface area (Å²) in [5, 5.41) is 7.64. The largest absolute Gasteiger partial charge is 0.462 e. The van der Waals surface area contributed by atoms with E-state index in [1.165, 1.54) is 122 Å².